The van der Waals surface area contributed by atoms with E-state index in [-0.39, 0.29) is 18.9 Å². The lowest BCUT2D eigenvalue weighted by molar-refractivity contribution is -0.136. The minimum Gasteiger partial charge on any atom is -0.387 e. The molecule has 0 unspecified atom stereocenters. The summed E-state index contributed by atoms with van der Waals surface area (Å²) in [5, 5.41) is 8.24. The summed E-state index contributed by atoms with van der Waals surface area (Å²) in [6, 6.07) is 9.35. The molecule has 3 aromatic rings. The van der Waals surface area contributed by atoms with Crippen LogP contribution in [0.2, 0.25) is 0 Å². The highest BCUT2D eigenvalue weighted by atomic mass is 19.4. The lowest BCUT2D eigenvalue weighted by atomic mass is 10.2. The quantitative estimate of drug-likeness (QED) is 0.706. The van der Waals surface area contributed by atoms with Crippen LogP contribution < -0.4 is 5.76 Å². The van der Waals surface area contributed by atoms with E-state index in [0.717, 1.165) is 10.4 Å². The normalized spacial score (nSPS) is 11.8. The lowest BCUT2D eigenvalue weighted by Crippen LogP contribution is -2.17. The molecule has 0 atom stereocenters. The molecular weight excluding hydrogens is 337 g/mol. The first-order chi connectivity index (χ1) is 11.8. The molecule has 0 spiro atoms. The molecule has 0 saturated carbocycles. The van der Waals surface area contributed by atoms with Gasteiger partial charge in [-0.15, -0.1) is 5.10 Å². The van der Waals surface area contributed by atoms with Gasteiger partial charge in [0.05, 0.1) is 23.1 Å². The Hall–Kier alpha value is -2.84. The summed E-state index contributed by atoms with van der Waals surface area (Å²) in [4.78, 5) is 11.8. The third kappa shape index (κ3) is 3.81. The van der Waals surface area contributed by atoms with Crippen molar-refractivity contribution in [1.29, 1.82) is 0 Å². The third-order valence-electron chi connectivity index (χ3n) is 3.68. The summed E-state index contributed by atoms with van der Waals surface area (Å²) in [6.45, 7) is 1.63. The lowest BCUT2D eigenvalue weighted by Gasteiger charge is -2.04. The van der Waals surface area contributed by atoms with E-state index in [0.29, 0.717) is 11.3 Å². The van der Waals surface area contributed by atoms with E-state index in [1.165, 1.54) is 6.20 Å². The second kappa shape index (κ2) is 6.58. The highest BCUT2D eigenvalue weighted by Gasteiger charge is 2.26. The van der Waals surface area contributed by atoms with Crippen molar-refractivity contribution in [2.45, 2.75) is 32.5 Å². The smallest absolute Gasteiger partial charge is 0.387 e. The topological polar surface area (TPSA) is 65.8 Å². The molecule has 0 fully saturated rings. The molecule has 1 aromatic carbocycles. The van der Waals surface area contributed by atoms with Gasteiger partial charge in [0.15, 0.2) is 0 Å². The predicted molar refractivity (Wildman–Crippen MR) is 83.3 cm³/mol. The second-order valence-corrected chi connectivity index (χ2v) is 5.51. The molecule has 0 aliphatic carbocycles. The molecule has 132 valence electrons. The van der Waals surface area contributed by atoms with Gasteiger partial charge in [0.1, 0.15) is 0 Å². The summed E-state index contributed by atoms with van der Waals surface area (Å²) in [6.07, 6.45) is -3.97. The molecule has 0 aliphatic rings. The van der Waals surface area contributed by atoms with Crippen molar-refractivity contribution in [3.63, 3.8) is 0 Å². The standard InChI is InChI=1S/C16H15F3N4O2/c1-11-13(10-20-23(11)12-6-3-2-4-7-12)14-21-22(15(24)25-14)9-5-8-16(17,18)19/h2-4,6-7,10H,5,8-9H2,1H3. The Morgan fingerprint density at radius 2 is 1.92 bits per heavy atom. The molecule has 3 rings (SSSR count). The van der Waals surface area contributed by atoms with Gasteiger partial charge in [-0.3, -0.25) is 0 Å². The van der Waals surface area contributed by atoms with Crippen LogP contribution in [0.4, 0.5) is 13.2 Å². The van der Waals surface area contributed by atoms with Crippen LogP contribution in [0, 0.1) is 6.92 Å². The van der Waals surface area contributed by atoms with E-state index < -0.39 is 18.4 Å². The first kappa shape index (κ1) is 17.0. The Balaban J connectivity index is 1.83. The molecule has 9 heteroatoms. The third-order valence-corrected chi connectivity index (χ3v) is 3.68. The molecule has 25 heavy (non-hydrogen) atoms. The van der Waals surface area contributed by atoms with Crippen LogP contribution in [-0.2, 0) is 6.54 Å². The molecule has 0 aliphatic heterocycles. The maximum absolute atomic E-state index is 12.2. The summed E-state index contributed by atoms with van der Waals surface area (Å²) < 4.78 is 44.3. The van der Waals surface area contributed by atoms with Crippen LogP contribution in [0.1, 0.15) is 18.5 Å². The first-order valence-electron chi connectivity index (χ1n) is 7.60. The van der Waals surface area contributed by atoms with Crippen LogP contribution in [-0.4, -0.2) is 25.7 Å². The predicted octanol–water partition coefficient (Wildman–Crippen LogP) is 3.34. The van der Waals surface area contributed by atoms with Gasteiger partial charge >= 0.3 is 11.9 Å². The van der Waals surface area contributed by atoms with Gasteiger partial charge in [0, 0.05) is 13.0 Å². The highest BCUT2D eigenvalue weighted by molar-refractivity contribution is 5.56. The monoisotopic (exact) mass is 352 g/mol. The van der Waals surface area contributed by atoms with Crippen LogP contribution in [0.25, 0.3) is 17.1 Å². The summed E-state index contributed by atoms with van der Waals surface area (Å²) in [7, 11) is 0. The number of alkyl halides is 3. The van der Waals surface area contributed by atoms with Gasteiger partial charge in [0.2, 0.25) is 0 Å². The average molecular weight is 352 g/mol. The highest BCUT2D eigenvalue weighted by Crippen LogP contribution is 2.23. The number of nitrogens with zero attached hydrogens (tertiary/aromatic N) is 4. The maximum Gasteiger partial charge on any atom is 0.437 e. The van der Waals surface area contributed by atoms with Gasteiger partial charge in [0.25, 0.3) is 5.89 Å². The van der Waals surface area contributed by atoms with E-state index in [4.69, 9.17) is 4.42 Å². The molecule has 2 heterocycles. The Kier molecular flexibility index (Phi) is 4.47. The van der Waals surface area contributed by atoms with Crippen molar-refractivity contribution in [2.24, 2.45) is 0 Å². The number of aryl methyl sites for hydroxylation is 1. The minimum absolute atomic E-state index is 0.0386. The molecule has 0 N–H and O–H groups in total. The molecule has 2 aromatic heterocycles. The Morgan fingerprint density at radius 1 is 1.20 bits per heavy atom. The summed E-state index contributed by atoms with van der Waals surface area (Å²) in [5.74, 6) is -0.749. The van der Waals surface area contributed by atoms with Crippen LogP contribution >= 0.6 is 0 Å². The molecular formula is C16H15F3N4O2. The fourth-order valence-corrected chi connectivity index (χ4v) is 2.43. The SMILES string of the molecule is Cc1c(-c2nn(CCCC(F)(F)F)c(=O)o2)cnn1-c1ccccc1. The van der Waals surface area contributed by atoms with Crippen LogP contribution in [0.5, 0.6) is 0 Å². The number of hydrogen-bond donors (Lipinski definition) is 0. The van der Waals surface area contributed by atoms with Crippen LogP contribution in [0.15, 0.2) is 45.7 Å². The molecule has 0 bridgehead atoms. The second-order valence-electron chi connectivity index (χ2n) is 5.51. The van der Waals surface area contributed by atoms with Crippen LogP contribution in [0.3, 0.4) is 0 Å². The van der Waals surface area contributed by atoms with Crippen molar-refractivity contribution in [1.82, 2.24) is 19.6 Å². The maximum atomic E-state index is 12.2. The average Bonchev–Trinajstić information content (AvgIpc) is 3.10. The van der Waals surface area contributed by atoms with E-state index >= 15 is 0 Å². The number of hydrogen-bond acceptors (Lipinski definition) is 4. The van der Waals surface area contributed by atoms with Gasteiger partial charge in [-0.25, -0.2) is 9.48 Å². The zero-order valence-electron chi connectivity index (χ0n) is 13.3. The van der Waals surface area contributed by atoms with Gasteiger partial charge in [-0.05, 0) is 25.5 Å². The summed E-state index contributed by atoms with van der Waals surface area (Å²) in [5.41, 5.74) is 2.05. The fourth-order valence-electron chi connectivity index (χ4n) is 2.43. The van der Waals surface area contributed by atoms with Crippen molar-refractivity contribution in [2.75, 3.05) is 0 Å². The minimum atomic E-state index is -4.26. The molecule has 0 radical (unpaired) electrons. The van der Waals surface area contributed by atoms with E-state index in [9.17, 15) is 18.0 Å². The number of aromatic nitrogens is 4. The molecule has 6 nitrogen and oxygen atoms in total. The van der Waals surface area contributed by atoms with Crippen molar-refractivity contribution >= 4 is 0 Å². The van der Waals surface area contributed by atoms with Crippen molar-refractivity contribution in [3.05, 3.63) is 52.8 Å². The Labute approximate surface area is 140 Å². The molecule has 0 saturated heterocycles. The van der Waals surface area contributed by atoms with E-state index in [1.807, 2.05) is 30.3 Å². The number of halogens is 3. The van der Waals surface area contributed by atoms with Gasteiger partial charge in [-0.1, -0.05) is 18.2 Å². The summed E-state index contributed by atoms with van der Waals surface area (Å²) >= 11 is 0. The molecule has 0 amide bonds. The fraction of sp³-hybridized carbons (Fsp3) is 0.312. The zero-order chi connectivity index (χ0) is 18.0. The first-order valence-corrected chi connectivity index (χ1v) is 7.60. The number of rotatable bonds is 5. The largest absolute Gasteiger partial charge is 0.437 e. The van der Waals surface area contributed by atoms with Crippen molar-refractivity contribution < 1.29 is 17.6 Å². The van der Waals surface area contributed by atoms with E-state index in [1.54, 1.807) is 11.6 Å². The van der Waals surface area contributed by atoms with Crippen molar-refractivity contribution in [3.8, 4) is 17.1 Å². The Morgan fingerprint density at radius 3 is 2.60 bits per heavy atom. The van der Waals surface area contributed by atoms with E-state index in [2.05, 4.69) is 10.2 Å². The number of benzene rings is 1. The zero-order valence-corrected chi connectivity index (χ0v) is 13.3. The number of para-hydroxylation sites is 1. The van der Waals surface area contributed by atoms with Gasteiger partial charge < -0.3 is 4.42 Å². The Bertz CT molecular complexity index is 910. The van der Waals surface area contributed by atoms with Gasteiger partial charge in [-0.2, -0.15) is 23.0 Å².